The molecule has 3 heteroatoms. The molecule has 0 bridgehead atoms. The van der Waals surface area contributed by atoms with Gasteiger partial charge in [-0.2, -0.15) is 5.92 Å². The number of hydrogen-bond donors (Lipinski definition) is 0. The Balaban J connectivity index is 0.00000289. The van der Waals surface area contributed by atoms with Crippen molar-refractivity contribution in [2.75, 3.05) is 13.6 Å². The molecule has 0 spiro atoms. The molecule has 0 aromatic carbocycles. The molecule has 4 unspecified atom stereocenters. The molecule has 1 aliphatic rings. The minimum Gasteiger partial charge on any atom is -0.341 e. The van der Waals surface area contributed by atoms with Crippen molar-refractivity contribution in [3.63, 3.8) is 0 Å². The third-order valence-corrected chi connectivity index (χ3v) is 4.44. The molecule has 0 aliphatic carbocycles. The molecule has 4 atom stereocenters. The van der Waals surface area contributed by atoms with E-state index in [0.29, 0.717) is 11.8 Å². The van der Waals surface area contributed by atoms with Gasteiger partial charge in [0, 0.05) is 32.7 Å². The van der Waals surface area contributed by atoms with E-state index in [1.807, 2.05) is 0 Å². The molecule has 1 aliphatic heterocycles. The third-order valence-electron chi connectivity index (χ3n) is 4.44. The molecule has 101 valence electrons. The van der Waals surface area contributed by atoms with E-state index in [1.165, 1.54) is 12.8 Å². The van der Waals surface area contributed by atoms with Gasteiger partial charge in [-0.25, -0.2) is 0 Å². The smallest absolute Gasteiger partial charge is 0.0731 e. The van der Waals surface area contributed by atoms with Gasteiger partial charge in [-0.05, 0) is 32.4 Å². The van der Waals surface area contributed by atoms with Gasteiger partial charge in [0.1, 0.15) is 0 Å². The number of hydrogen-bond acceptors (Lipinski definition) is 1. The van der Waals surface area contributed by atoms with Crippen molar-refractivity contribution in [1.82, 2.24) is 4.90 Å². The van der Waals surface area contributed by atoms with Crippen molar-refractivity contribution < 1.29 is 32.7 Å². The summed E-state index contributed by atoms with van der Waals surface area (Å²) in [6.45, 7) is 16.3. The zero-order valence-electron chi connectivity index (χ0n) is 12.7. The van der Waals surface area contributed by atoms with Crippen LogP contribution in [0.3, 0.4) is 0 Å². The Kier molecular flexibility index (Phi) is 7.68. The molecular formula is C15H28BNY-2. The Bertz CT molecular complexity index is 255. The maximum Gasteiger partial charge on any atom is 0.0731 e. The summed E-state index contributed by atoms with van der Waals surface area (Å²) in [5.74, 6) is 1.08. The van der Waals surface area contributed by atoms with E-state index in [1.54, 1.807) is 0 Å². The van der Waals surface area contributed by atoms with E-state index >= 15 is 0 Å². The summed E-state index contributed by atoms with van der Waals surface area (Å²) in [7, 11) is 8.79. The number of likely N-dealkylation sites (tertiary alicyclic amines) is 1. The molecule has 0 aromatic heterocycles. The molecule has 0 aromatic rings. The van der Waals surface area contributed by atoms with Crippen LogP contribution in [0, 0.1) is 25.7 Å². The molecule has 0 amide bonds. The predicted molar refractivity (Wildman–Crippen MR) is 77.0 cm³/mol. The molecule has 0 N–H and O–H groups in total. The van der Waals surface area contributed by atoms with Crippen LogP contribution in [-0.4, -0.2) is 31.9 Å². The zero-order valence-corrected chi connectivity index (χ0v) is 15.5. The van der Waals surface area contributed by atoms with Crippen molar-refractivity contribution >= 4 is 7.85 Å². The Hall–Kier alpha value is 1.13. The van der Waals surface area contributed by atoms with Gasteiger partial charge in [-0.1, -0.05) is 38.9 Å². The minimum atomic E-state index is -0.243. The second-order valence-electron chi connectivity index (χ2n) is 6.63. The standard InChI is InChI=1S/C15H28BN.Y/c1-12(2)10-15(5)14(4,16)11-13(3)8-7-9-17(15)6;/h12-13H,1,5,7-11H2,2-4,6H3;/q-2;. The topological polar surface area (TPSA) is 3.24 Å². The first-order valence-electron chi connectivity index (χ1n) is 6.87. The largest absolute Gasteiger partial charge is 0.341 e. The fraction of sp³-hybridized carbons (Fsp3) is 0.867. The summed E-state index contributed by atoms with van der Waals surface area (Å²) >= 11 is 0. The van der Waals surface area contributed by atoms with Gasteiger partial charge in [-0.3, -0.25) is 0 Å². The number of nitrogens with zero attached hydrogens (tertiary/aromatic N) is 1. The summed E-state index contributed by atoms with van der Waals surface area (Å²) < 4.78 is 0. The minimum absolute atomic E-state index is 0. The fourth-order valence-electron chi connectivity index (χ4n) is 3.31. The molecule has 3 radical (unpaired) electrons. The average molecular weight is 322 g/mol. The predicted octanol–water partition coefficient (Wildman–Crippen LogP) is 3.52. The second kappa shape index (κ2) is 7.23. The molecule has 1 nitrogen and oxygen atoms in total. The van der Waals surface area contributed by atoms with Crippen molar-refractivity contribution in [2.45, 2.75) is 57.3 Å². The maximum absolute atomic E-state index is 6.62. The van der Waals surface area contributed by atoms with Crippen LogP contribution in [0.15, 0.2) is 0 Å². The number of rotatable bonds is 2. The Labute approximate surface area is 141 Å². The molecule has 1 heterocycles. The van der Waals surface area contributed by atoms with Crippen LogP contribution in [-0.2, 0) is 32.7 Å². The molecule has 1 fully saturated rings. The van der Waals surface area contributed by atoms with Crippen LogP contribution in [0.5, 0.6) is 0 Å². The monoisotopic (exact) mass is 322 g/mol. The van der Waals surface area contributed by atoms with Crippen LogP contribution in [0.2, 0.25) is 5.31 Å². The SMILES string of the molecule is [B]C1(C)CC(C)CCCN(C)C1([CH2-])CC([CH2-])C.[Y]. The summed E-state index contributed by atoms with van der Waals surface area (Å²) in [6.07, 6.45) is 4.53. The van der Waals surface area contributed by atoms with Crippen LogP contribution in [0.1, 0.15) is 46.5 Å². The van der Waals surface area contributed by atoms with Crippen LogP contribution >= 0.6 is 0 Å². The van der Waals surface area contributed by atoms with Gasteiger partial charge in [-0.15, -0.1) is 5.54 Å². The Morgan fingerprint density at radius 1 is 1.50 bits per heavy atom. The van der Waals surface area contributed by atoms with Crippen molar-refractivity contribution in [1.29, 1.82) is 0 Å². The van der Waals surface area contributed by atoms with E-state index in [2.05, 4.69) is 46.6 Å². The normalized spacial score (nSPS) is 40.4. The van der Waals surface area contributed by atoms with Gasteiger partial charge < -0.3 is 18.7 Å². The van der Waals surface area contributed by atoms with E-state index in [4.69, 9.17) is 7.85 Å². The van der Waals surface area contributed by atoms with E-state index in [0.717, 1.165) is 19.4 Å². The molecule has 1 rings (SSSR count). The first kappa shape index (κ1) is 19.1. The summed E-state index contributed by atoms with van der Waals surface area (Å²) in [5.41, 5.74) is -0.192. The Morgan fingerprint density at radius 3 is 2.56 bits per heavy atom. The second-order valence-corrected chi connectivity index (χ2v) is 6.63. The van der Waals surface area contributed by atoms with Crippen LogP contribution < -0.4 is 0 Å². The van der Waals surface area contributed by atoms with Crippen LogP contribution in [0.25, 0.3) is 0 Å². The van der Waals surface area contributed by atoms with E-state index in [9.17, 15) is 0 Å². The first-order valence-corrected chi connectivity index (χ1v) is 6.87. The molecule has 1 saturated heterocycles. The van der Waals surface area contributed by atoms with Crippen molar-refractivity contribution in [3.05, 3.63) is 13.8 Å². The van der Waals surface area contributed by atoms with Crippen molar-refractivity contribution in [2.24, 2.45) is 11.8 Å². The zero-order chi connectivity index (χ0) is 13.3. The summed E-state index contributed by atoms with van der Waals surface area (Å²) in [5, 5.41) is -0.243. The van der Waals surface area contributed by atoms with E-state index in [-0.39, 0.29) is 43.6 Å². The maximum atomic E-state index is 6.62. The van der Waals surface area contributed by atoms with Crippen molar-refractivity contribution in [3.8, 4) is 0 Å². The van der Waals surface area contributed by atoms with Gasteiger partial charge >= 0.3 is 0 Å². The quantitative estimate of drug-likeness (QED) is 0.555. The van der Waals surface area contributed by atoms with Gasteiger partial charge in [0.25, 0.3) is 0 Å². The molecule has 18 heavy (non-hydrogen) atoms. The van der Waals surface area contributed by atoms with E-state index < -0.39 is 0 Å². The van der Waals surface area contributed by atoms with Gasteiger partial charge in [0.05, 0.1) is 7.85 Å². The van der Waals surface area contributed by atoms with Gasteiger partial charge in [0.2, 0.25) is 0 Å². The third kappa shape index (κ3) is 4.32. The first-order chi connectivity index (χ1) is 7.69. The van der Waals surface area contributed by atoms with Gasteiger partial charge in [0.15, 0.2) is 0 Å². The summed E-state index contributed by atoms with van der Waals surface area (Å²) in [4.78, 5) is 2.36. The molecule has 0 saturated carbocycles. The summed E-state index contributed by atoms with van der Waals surface area (Å²) in [6, 6.07) is 0. The molecular weight excluding hydrogens is 294 g/mol. The van der Waals surface area contributed by atoms with Crippen LogP contribution in [0.4, 0.5) is 0 Å². The Morgan fingerprint density at radius 2 is 2.06 bits per heavy atom. The fourth-order valence-corrected chi connectivity index (χ4v) is 3.31. The average Bonchev–Trinajstić information content (AvgIpc) is 2.13.